The molecule has 1 amide bonds. The fourth-order valence-electron chi connectivity index (χ4n) is 3.68. The van der Waals surface area contributed by atoms with Gasteiger partial charge in [-0.1, -0.05) is 19.1 Å². The van der Waals surface area contributed by atoms with Crippen molar-refractivity contribution in [1.29, 1.82) is 0 Å². The number of ether oxygens (including phenoxy) is 1. The molecule has 1 aromatic heterocycles. The highest BCUT2D eigenvalue weighted by Gasteiger charge is 2.26. The van der Waals surface area contributed by atoms with Gasteiger partial charge in [0.05, 0.1) is 25.0 Å². The summed E-state index contributed by atoms with van der Waals surface area (Å²) in [7, 11) is 1.64. The van der Waals surface area contributed by atoms with E-state index >= 15 is 0 Å². The summed E-state index contributed by atoms with van der Waals surface area (Å²) in [5.74, 6) is 0.876. The van der Waals surface area contributed by atoms with Crippen molar-refractivity contribution >= 4 is 11.6 Å². The molecule has 7 heteroatoms. The number of amides is 1. The molecule has 0 unspecified atom stereocenters. The van der Waals surface area contributed by atoms with E-state index in [1.165, 1.54) is 4.68 Å². The van der Waals surface area contributed by atoms with Crippen molar-refractivity contribution in [3.63, 3.8) is 0 Å². The lowest BCUT2D eigenvalue weighted by Crippen LogP contribution is -2.41. The Balaban J connectivity index is 1.53. The van der Waals surface area contributed by atoms with Crippen molar-refractivity contribution in [1.82, 2.24) is 15.1 Å². The van der Waals surface area contributed by atoms with Crippen LogP contribution in [0.2, 0.25) is 0 Å². The zero-order chi connectivity index (χ0) is 20.8. The van der Waals surface area contributed by atoms with E-state index < -0.39 is 0 Å². The normalized spacial score (nSPS) is 15.8. The van der Waals surface area contributed by atoms with Crippen LogP contribution in [-0.4, -0.2) is 35.9 Å². The highest BCUT2D eigenvalue weighted by atomic mass is 16.5. The van der Waals surface area contributed by atoms with Crippen LogP contribution in [0.15, 0.2) is 41.3 Å². The number of aromatic nitrogens is 2. The van der Waals surface area contributed by atoms with Crippen LogP contribution in [0.4, 0.5) is 5.69 Å². The molecule has 0 saturated carbocycles. The van der Waals surface area contributed by atoms with E-state index in [1.54, 1.807) is 19.4 Å². The second kappa shape index (κ2) is 9.58. The number of carbonyl (C=O) groups is 1. The molecule has 0 bridgehead atoms. The van der Waals surface area contributed by atoms with E-state index in [1.807, 2.05) is 38.1 Å². The van der Waals surface area contributed by atoms with Crippen LogP contribution in [0.5, 0.6) is 5.75 Å². The second-order valence-corrected chi connectivity index (χ2v) is 7.54. The smallest absolute Gasteiger partial charge is 0.268 e. The van der Waals surface area contributed by atoms with Gasteiger partial charge in [0.1, 0.15) is 5.75 Å². The van der Waals surface area contributed by atoms with E-state index in [-0.39, 0.29) is 23.4 Å². The van der Waals surface area contributed by atoms with Crippen molar-refractivity contribution in [2.75, 3.05) is 25.1 Å². The van der Waals surface area contributed by atoms with Gasteiger partial charge in [-0.25, -0.2) is 4.68 Å². The molecule has 1 aliphatic rings. The van der Waals surface area contributed by atoms with E-state index in [9.17, 15) is 9.59 Å². The molecular formula is C22H30N4O3. The summed E-state index contributed by atoms with van der Waals surface area (Å²) >= 11 is 0. The number of carbonyl (C=O) groups excluding carboxylic acids is 1. The number of nitrogens with zero attached hydrogens (tertiary/aromatic N) is 3. The van der Waals surface area contributed by atoms with Gasteiger partial charge >= 0.3 is 0 Å². The average molecular weight is 399 g/mol. The molecule has 2 heterocycles. The molecule has 0 aliphatic carbocycles. The van der Waals surface area contributed by atoms with Crippen molar-refractivity contribution in [2.45, 2.75) is 45.7 Å². The number of rotatable bonds is 7. The Hall–Kier alpha value is -2.83. The van der Waals surface area contributed by atoms with Gasteiger partial charge in [0.15, 0.2) is 0 Å². The maximum atomic E-state index is 12.7. The van der Waals surface area contributed by atoms with Gasteiger partial charge in [-0.3, -0.25) is 9.59 Å². The van der Waals surface area contributed by atoms with Gasteiger partial charge in [-0.2, -0.15) is 5.10 Å². The third-order valence-electron chi connectivity index (χ3n) is 5.50. The van der Waals surface area contributed by atoms with E-state index in [0.717, 1.165) is 49.4 Å². The Kier molecular flexibility index (Phi) is 6.90. The maximum Gasteiger partial charge on any atom is 0.268 e. The van der Waals surface area contributed by atoms with Gasteiger partial charge in [0, 0.05) is 31.6 Å². The molecule has 1 saturated heterocycles. The van der Waals surface area contributed by atoms with Crippen LogP contribution >= 0.6 is 0 Å². The number of methoxy groups -OCH3 is 1. The number of hydrogen-bond donors (Lipinski definition) is 1. The van der Waals surface area contributed by atoms with Crippen LogP contribution in [0.25, 0.3) is 0 Å². The molecule has 7 nitrogen and oxygen atoms in total. The average Bonchev–Trinajstić information content (AvgIpc) is 2.75. The first-order chi connectivity index (χ1) is 14.0. The minimum atomic E-state index is -0.0717. The molecule has 1 N–H and O–H groups in total. The number of piperidine rings is 1. The van der Waals surface area contributed by atoms with Crippen LogP contribution in [0.3, 0.4) is 0 Å². The van der Waals surface area contributed by atoms with Crippen molar-refractivity contribution in [3.05, 3.63) is 52.4 Å². The lowest BCUT2D eigenvalue weighted by molar-refractivity contribution is -0.126. The Bertz CT molecular complexity index is 870. The molecule has 29 heavy (non-hydrogen) atoms. The van der Waals surface area contributed by atoms with Gasteiger partial charge in [-0.15, -0.1) is 0 Å². The van der Waals surface area contributed by atoms with E-state index in [4.69, 9.17) is 4.74 Å². The summed E-state index contributed by atoms with van der Waals surface area (Å²) in [6.07, 6.45) is 4.16. The third-order valence-corrected chi connectivity index (χ3v) is 5.50. The Morgan fingerprint density at radius 1 is 1.28 bits per heavy atom. The number of benzene rings is 1. The zero-order valence-corrected chi connectivity index (χ0v) is 17.4. The zero-order valence-electron chi connectivity index (χ0n) is 17.4. The number of anilines is 1. The van der Waals surface area contributed by atoms with Crippen LogP contribution in [-0.2, 0) is 11.3 Å². The van der Waals surface area contributed by atoms with Crippen molar-refractivity contribution < 1.29 is 9.53 Å². The minimum absolute atomic E-state index is 0.0135. The lowest BCUT2D eigenvalue weighted by atomic mass is 9.95. The summed E-state index contributed by atoms with van der Waals surface area (Å²) in [5.41, 5.74) is 1.82. The Labute approximate surface area is 171 Å². The first-order valence-electron chi connectivity index (χ1n) is 10.3. The first-order valence-corrected chi connectivity index (χ1v) is 10.3. The second-order valence-electron chi connectivity index (χ2n) is 7.54. The topological polar surface area (TPSA) is 76.5 Å². The molecule has 0 radical (unpaired) electrons. The molecule has 1 aromatic carbocycles. The Morgan fingerprint density at radius 3 is 2.55 bits per heavy atom. The number of nitrogens with one attached hydrogen (secondary N) is 1. The van der Waals surface area contributed by atoms with E-state index in [0.29, 0.717) is 6.54 Å². The molecule has 1 atom stereocenters. The monoisotopic (exact) mass is 398 g/mol. The molecule has 0 spiro atoms. The summed E-state index contributed by atoms with van der Waals surface area (Å²) in [4.78, 5) is 27.0. The third kappa shape index (κ3) is 5.16. The standard InChI is InChI=1S/C22H30N4O3/c1-4-11-26-21(27)14-19(15-23-26)25-12-9-18(10-13-25)22(28)24-16(2)17-5-7-20(29-3)8-6-17/h5-8,14-16,18H,4,9-13H2,1-3H3,(H,24,28)/t16-/m1/s1. The first kappa shape index (κ1) is 20.9. The maximum absolute atomic E-state index is 12.7. The highest BCUT2D eigenvalue weighted by molar-refractivity contribution is 5.79. The summed E-state index contributed by atoms with van der Waals surface area (Å²) in [6.45, 7) is 6.13. The van der Waals surface area contributed by atoms with Crippen molar-refractivity contribution in [2.24, 2.45) is 5.92 Å². The molecule has 1 aliphatic heterocycles. The highest BCUT2D eigenvalue weighted by Crippen LogP contribution is 2.23. The predicted molar refractivity (Wildman–Crippen MR) is 113 cm³/mol. The van der Waals surface area contributed by atoms with Gasteiger partial charge in [0.2, 0.25) is 5.91 Å². The fourth-order valence-corrected chi connectivity index (χ4v) is 3.68. The van der Waals surface area contributed by atoms with E-state index in [2.05, 4.69) is 15.3 Å². The van der Waals surface area contributed by atoms with Crippen LogP contribution in [0, 0.1) is 5.92 Å². The lowest BCUT2D eigenvalue weighted by Gasteiger charge is -2.33. The molecule has 3 rings (SSSR count). The Morgan fingerprint density at radius 2 is 1.97 bits per heavy atom. The molecule has 156 valence electrons. The summed E-state index contributed by atoms with van der Waals surface area (Å²) in [5, 5.41) is 7.38. The van der Waals surface area contributed by atoms with Crippen LogP contribution in [0.1, 0.15) is 44.7 Å². The largest absolute Gasteiger partial charge is 0.497 e. The van der Waals surface area contributed by atoms with Gasteiger partial charge in [-0.05, 0) is 43.9 Å². The van der Waals surface area contributed by atoms with Crippen molar-refractivity contribution in [3.8, 4) is 5.75 Å². The van der Waals surface area contributed by atoms with Gasteiger partial charge < -0.3 is 15.0 Å². The quantitative estimate of drug-likeness (QED) is 0.776. The molecule has 2 aromatic rings. The predicted octanol–water partition coefficient (Wildman–Crippen LogP) is 2.76. The molecular weight excluding hydrogens is 368 g/mol. The SMILES string of the molecule is CCCn1ncc(N2CCC(C(=O)N[C@H](C)c3ccc(OC)cc3)CC2)cc1=O. The van der Waals surface area contributed by atoms with Crippen LogP contribution < -0.4 is 20.5 Å². The summed E-state index contributed by atoms with van der Waals surface area (Å²) in [6, 6.07) is 9.34. The number of hydrogen-bond acceptors (Lipinski definition) is 5. The number of aryl methyl sites for hydroxylation is 1. The molecule has 1 fully saturated rings. The van der Waals surface area contributed by atoms with Gasteiger partial charge in [0.25, 0.3) is 5.56 Å². The fraction of sp³-hybridized carbons (Fsp3) is 0.500. The summed E-state index contributed by atoms with van der Waals surface area (Å²) < 4.78 is 6.67. The minimum Gasteiger partial charge on any atom is -0.497 e.